The lowest BCUT2D eigenvalue weighted by Crippen LogP contribution is -2.33. The lowest BCUT2D eigenvalue weighted by atomic mass is 9.89. The summed E-state index contributed by atoms with van der Waals surface area (Å²) < 4.78 is 0.233. The maximum Gasteiger partial charge on any atom is 0.0441 e. The molecule has 2 unspecified atom stereocenters. The monoisotopic (exact) mass is 263 g/mol. The zero-order valence-electron chi connectivity index (χ0n) is 11.8. The van der Waals surface area contributed by atoms with E-state index in [4.69, 9.17) is 5.73 Å². The van der Waals surface area contributed by atoms with Gasteiger partial charge in [-0.05, 0) is 49.0 Å². The molecule has 0 aliphatic carbocycles. The number of rotatable bonds is 4. The molecule has 2 atom stereocenters. The van der Waals surface area contributed by atoms with Gasteiger partial charge in [-0.1, -0.05) is 38.1 Å². The Kier molecular flexibility index (Phi) is 4.39. The van der Waals surface area contributed by atoms with Crippen LogP contribution in [0.15, 0.2) is 24.3 Å². The molecular formula is C16H25NS. The zero-order valence-corrected chi connectivity index (χ0v) is 12.6. The van der Waals surface area contributed by atoms with Crippen LogP contribution in [0.5, 0.6) is 0 Å². The van der Waals surface area contributed by atoms with Crippen molar-refractivity contribution in [1.82, 2.24) is 0 Å². The molecule has 1 aromatic carbocycles. The van der Waals surface area contributed by atoms with E-state index < -0.39 is 0 Å². The molecule has 1 heterocycles. The molecule has 0 bridgehead atoms. The maximum absolute atomic E-state index is 6.51. The number of hydrogen-bond acceptors (Lipinski definition) is 2. The van der Waals surface area contributed by atoms with Crippen molar-refractivity contribution in [2.75, 3.05) is 5.75 Å². The number of hydrogen-bond donors (Lipinski definition) is 1. The van der Waals surface area contributed by atoms with Crippen LogP contribution in [-0.2, 0) is 6.42 Å². The van der Waals surface area contributed by atoms with Gasteiger partial charge in [0.1, 0.15) is 0 Å². The highest BCUT2D eigenvalue weighted by Gasteiger charge is 2.36. The fourth-order valence-electron chi connectivity index (χ4n) is 2.78. The third-order valence-corrected chi connectivity index (χ3v) is 5.47. The summed E-state index contributed by atoms with van der Waals surface area (Å²) in [5.74, 6) is 1.96. The minimum atomic E-state index is 0.164. The van der Waals surface area contributed by atoms with Crippen LogP contribution in [0.4, 0.5) is 0 Å². The van der Waals surface area contributed by atoms with E-state index in [1.807, 2.05) is 11.8 Å². The topological polar surface area (TPSA) is 26.0 Å². The number of benzene rings is 1. The van der Waals surface area contributed by atoms with E-state index in [0.29, 0.717) is 5.92 Å². The average molecular weight is 263 g/mol. The zero-order chi connectivity index (χ0) is 13.2. The van der Waals surface area contributed by atoms with Crippen molar-refractivity contribution >= 4 is 11.8 Å². The van der Waals surface area contributed by atoms with E-state index in [2.05, 4.69) is 45.0 Å². The second-order valence-corrected chi connectivity index (χ2v) is 7.71. The molecule has 2 N–H and O–H groups in total. The molecule has 1 saturated heterocycles. The largest absolute Gasteiger partial charge is 0.323 e. The number of nitrogens with two attached hydrogens (primary N) is 1. The molecule has 0 saturated carbocycles. The Hall–Kier alpha value is -0.470. The molecule has 18 heavy (non-hydrogen) atoms. The van der Waals surface area contributed by atoms with Gasteiger partial charge in [0.05, 0.1) is 0 Å². The van der Waals surface area contributed by atoms with Crippen LogP contribution in [-0.4, -0.2) is 10.5 Å². The van der Waals surface area contributed by atoms with Crippen molar-refractivity contribution in [3.05, 3.63) is 35.4 Å². The van der Waals surface area contributed by atoms with E-state index in [-0.39, 0.29) is 10.8 Å². The quantitative estimate of drug-likeness (QED) is 0.882. The summed E-state index contributed by atoms with van der Waals surface area (Å²) in [5, 5.41) is 0. The smallest absolute Gasteiger partial charge is 0.0441 e. The fourth-order valence-corrected chi connectivity index (χ4v) is 4.14. The summed E-state index contributed by atoms with van der Waals surface area (Å²) in [5.41, 5.74) is 9.24. The molecule has 2 rings (SSSR count). The molecule has 0 amide bonds. The van der Waals surface area contributed by atoms with Gasteiger partial charge < -0.3 is 5.73 Å². The Balaban J connectivity index is 2.17. The van der Waals surface area contributed by atoms with Gasteiger partial charge in [-0.2, -0.15) is 11.8 Å². The first-order valence-corrected chi connectivity index (χ1v) is 7.98. The van der Waals surface area contributed by atoms with Crippen molar-refractivity contribution in [2.24, 2.45) is 11.7 Å². The predicted molar refractivity (Wildman–Crippen MR) is 82.0 cm³/mol. The highest BCUT2D eigenvalue weighted by atomic mass is 32.2. The molecule has 0 spiro atoms. The third kappa shape index (κ3) is 3.10. The molecule has 1 aromatic rings. The van der Waals surface area contributed by atoms with Crippen molar-refractivity contribution < 1.29 is 0 Å². The maximum atomic E-state index is 6.51. The lowest BCUT2D eigenvalue weighted by Gasteiger charge is -2.31. The van der Waals surface area contributed by atoms with Crippen LogP contribution in [0.3, 0.4) is 0 Å². The van der Waals surface area contributed by atoms with Gasteiger partial charge in [-0.3, -0.25) is 0 Å². The fraction of sp³-hybridized carbons (Fsp3) is 0.625. The molecular weight excluding hydrogens is 238 g/mol. The molecule has 2 heteroatoms. The minimum absolute atomic E-state index is 0.164. The highest BCUT2D eigenvalue weighted by molar-refractivity contribution is 8.00. The van der Waals surface area contributed by atoms with E-state index in [1.165, 1.54) is 29.7 Å². The van der Waals surface area contributed by atoms with Gasteiger partial charge in [0.15, 0.2) is 0 Å². The van der Waals surface area contributed by atoms with Gasteiger partial charge in [-0.15, -0.1) is 0 Å². The lowest BCUT2D eigenvalue weighted by molar-refractivity contribution is 0.501. The van der Waals surface area contributed by atoms with Crippen molar-refractivity contribution in [3.63, 3.8) is 0 Å². The standard InChI is InChI=1S/C16H25NS/c1-12(2)10-13-6-4-7-14(11-13)15(17)16(3)8-5-9-18-16/h4,6-7,11-12,15H,5,8-10,17H2,1-3H3. The number of thioether (sulfide) groups is 1. The van der Waals surface area contributed by atoms with Gasteiger partial charge in [-0.25, -0.2) is 0 Å². The first-order chi connectivity index (χ1) is 8.51. The highest BCUT2D eigenvalue weighted by Crippen LogP contribution is 2.45. The van der Waals surface area contributed by atoms with E-state index >= 15 is 0 Å². The molecule has 1 nitrogen and oxygen atoms in total. The summed E-state index contributed by atoms with van der Waals surface area (Å²) in [4.78, 5) is 0. The molecule has 100 valence electrons. The predicted octanol–water partition coefficient (Wildman–Crippen LogP) is 4.17. The Morgan fingerprint density at radius 1 is 1.39 bits per heavy atom. The Labute approximate surface area is 116 Å². The summed E-state index contributed by atoms with van der Waals surface area (Å²) in [6, 6.07) is 9.06. The van der Waals surface area contributed by atoms with E-state index in [1.54, 1.807) is 0 Å². The molecule has 1 aliphatic rings. The first-order valence-electron chi connectivity index (χ1n) is 6.99. The van der Waals surface area contributed by atoms with Crippen LogP contribution in [0.2, 0.25) is 0 Å². The summed E-state index contributed by atoms with van der Waals surface area (Å²) in [6.45, 7) is 6.85. The summed E-state index contributed by atoms with van der Waals surface area (Å²) in [7, 11) is 0. The second kappa shape index (κ2) is 5.66. The second-order valence-electron chi connectivity index (χ2n) is 6.09. The van der Waals surface area contributed by atoms with Gasteiger partial charge >= 0.3 is 0 Å². The van der Waals surface area contributed by atoms with Crippen LogP contribution in [0.25, 0.3) is 0 Å². The Morgan fingerprint density at radius 2 is 2.17 bits per heavy atom. The van der Waals surface area contributed by atoms with Gasteiger partial charge in [0.25, 0.3) is 0 Å². The normalized spacial score (nSPS) is 25.6. The molecule has 0 radical (unpaired) electrons. The van der Waals surface area contributed by atoms with Crippen LogP contribution in [0.1, 0.15) is 50.8 Å². The molecule has 1 aliphatic heterocycles. The first kappa shape index (κ1) is 14.0. The van der Waals surface area contributed by atoms with Crippen molar-refractivity contribution in [1.29, 1.82) is 0 Å². The molecule has 1 fully saturated rings. The van der Waals surface area contributed by atoms with Crippen molar-refractivity contribution in [2.45, 2.75) is 50.8 Å². The SMILES string of the molecule is CC(C)Cc1cccc(C(N)C2(C)CCCS2)c1. The molecule has 0 aromatic heterocycles. The minimum Gasteiger partial charge on any atom is -0.323 e. The van der Waals surface area contributed by atoms with Gasteiger partial charge in [0, 0.05) is 10.8 Å². The van der Waals surface area contributed by atoms with Crippen molar-refractivity contribution in [3.8, 4) is 0 Å². The Bertz CT molecular complexity index is 394. The van der Waals surface area contributed by atoms with E-state index in [0.717, 1.165) is 6.42 Å². The van der Waals surface area contributed by atoms with Crippen LogP contribution < -0.4 is 5.73 Å². The van der Waals surface area contributed by atoms with E-state index in [9.17, 15) is 0 Å². The Morgan fingerprint density at radius 3 is 2.78 bits per heavy atom. The average Bonchev–Trinajstić information content (AvgIpc) is 2.76. The summed E-state index contributed by atoms with van der Waals surface area (Å²) in [6.07, 6.45) is 3.69. The van der Waals surface area contributed by atoms with Crippen LogP contribution in [0, 0.1) is 5.92 Å². The third-order valence-electron chi connectivity index (χ3n) is 3.86. The van der Waals surface area contributed by atoms with Gasteiger partial charge in [0.2, 0.25) is 0 Å². The van der Waals surface area contributed by atoms with Crippen LogP contribution >= 0.6 is 11.8 Å². The summed E-state index contributed by atoms with van der Waals surface area (Å²) >= 11 is 2.04.